The zero-order valence-corrected chi connectivity index (χ0v) is 12.3. The zero-order chi connectivity index (χ0) is 14.6. The van der Waals surface area contributed by atoms with E-state index in [-0.39, 0.29) is 0 Å². The van der Waals surface area contributed by atoms with E-state index >= 15 is 0 Å². The van der Waals surface area contributed by atoms with E-state index in [0.717, 1.165) is 11.1 Å². The molecule has 0 spiro atoms. The number of nitrogens with two attached hydrogens (primary N) is 1. The minimum atomic E-state index is 0.590. The van der Waals surface area contributed by atoms with Crippen LogP contribution < -0.4 is 5.84 Å². The number of rotatable bonds is 3. The molecule has 0 fully saturated rings. The van der Waals surface area contributed by atoms with Gasteiger partial charge in [-0.1, -0.05) is 59.4 Å². The number of hydrogen-bond acceptors (Lipinski definition) is 3. The lowest BCUT2D eigenvalue weighted by atomic mass is 10.1. The number of aromatic nitrogens is 3. The molecule has 0 saturated heterocycles. The molecule has 0 saturated carbocycles. The second kappa shape index (κ2) is 11.6. The van der Waals surface area contributed by atoms with Gasteiger partial charge in [-0.05, 0) is 12.5 Å². The zero-order valence-electron chi connectivity index (χ0n) is 12.3. The molecule has 4 nitrogen and oxygen atoms in total. The predicted molar refractivity (Wildman–Crippen MR) is 80.5 cm³/mol. The normalized spacial score (nSPS) is 10.1. The third-order valence-electron chi connectivity index (χ3n) is 1.75. The van der Waals surface area contributed by atoms with Crippen LogP contribution in [0.5, 0.6) is 0 Å². The minimum Gasteiger partial charge on any atom is -0.336 e. The molecule has 2 N–H and O–H groups in total. The Labute approximate surface area is 111 Å². The molecule has 0 aromatic carbocycles. The number of nitrogens with zero attached hydrogens (tertiary/aromatic N) is 3. The summed E-state index contributed by atoms with van der Waals surface area (Å²) in [5.74, 6) is 6.18. The fourth-order valence-corrected chi connectivity index (χ4v) is 0.974. The first-order valence-corrected chi connectivity index (χ1v) is 6.23. The molecule has 1 aromatic heterocycles. The van der Waals surface area contributed by atoms with E-state index in [1.807, 2.05) is 20.8 Å². The standard InChI is InChI=1S/C9H12N4.C3H8.C2H6/c1-4-7(3)8(5-2)9-12-11-6-13(9)10;1-3-2;1-2/h4-6H,1-2,10H2,3H3;3H2,1-2H3;1-2H3/b8-7+;;. The second-order valence-electron chi connectivity index (χ2n) is 3.27. The van der Waals surface area contributed by atoms with Crippen molar-refractivity contribution < 1.29 is 0 Å². The van der Waals surface area contributed by atoms with Crippen molar-refractivity contribution in [1.29, 1.82) is 0 Å². The van der Waals surface area contributed by atoms with Crippen LogP contribution in [0.25, 0.3) is 5.57 Å². The molecule has 0 aliphatic heterocycles. The fraction of sp³-hybridized carbons (Fsp3) is 0.429. The summed E-state index contributed by atoms with van der Waals surface area (Å²) in [6.45, 7) is 17.5. The van der Waals surface area contributed by atoms with E-state index in [4.69, 9.17) is 5.84 Å². The summed E-state index contributed by atoms with van der Waals surface area (Å²) in [5, 5.41) is 7.55. The first kappa shape index (κ1) is 18.5. The highest BCUT2D eigenvalue weighted by Crippen LogP contribution is 2.16. The summed E-state index contributed by atoms with van der Waals surface area (Å²) in [4.78, 5) is 0. The molecule has 18 heavy (non-hydrogen) atoms. The molecule has 1 rings (SSSR count). The van der Waals surface area contributed by atoms with Crippen LogP contribution in [0.3, 0.4) is 0 Å². The summed E-state index contributed by atoms with van der Waals surface area (Å²) in [5.41, 5.74) is 1.81. The first-order chi connectivity index (χ1) is 8.62. The number of hydrogen-bond donors (Lipinski definition) is 1. The Kier molecular flexibility index (Phi) is 12.0. The Balaban J connectivity index is 0. The molecule has 0 aliphatic carbocycles. The van der Waals surface area contributed by atoms with Crippen molar-refractivity contribution in [3.05, 3.63) is 43.0 Å². The van der Waals surface area contributed by atoms with Crippen molar-refractivity contribution in [1.82, 2.24) is 14.9 Å². The summed E-state index contributed by atoms with van der Waals surface area (Å²) in [6, 6.07) is 0. The lowest BCUT2D eigenvalue weighted by Crippen LogP contribution is -2.10. The SMILES string of the molecule is C=C/C(C)=C(\C=C)c1nncn1N.CC.CCC. The smallest absolute Gasteiger partial charge is 0.182 e. The van der Waals surface area contributed by atoms with E-state index < -0.39 is 0 Å². The van der Waals surface area contributed by atoms with E-state index in [1.54, 1.807) is 12.2 Å². The van der Waals surface area contributed by atoms with Crippen molar-refractivity contribution in [3.8, 4) is 0 Å². The van der Waals surface area contributed by atoms with Gasteiger partial charge in [0.25, 0.3) is 0 Å². The molecule has 0 radical (unpaired) electrons. The maximum absolute atomic E-state index is 5.58. The van der Waals surface area contributed by atoms with Gasteiger partial charge >= 0.3 is 0 Å². The monoisotopic (exact) mass is 250 g/mol. The summed E-state index contributed by atoms with van der Waals surface area (Å²) in [7, 11) is 0. The minimum absolute atomic E-state index is 0.590. The Bertz CT molecular complexity index is 375. The van der Waals surface area contributed by atoms with Gasteiger partial charge in [0.1, 0.15) is 6.33 Å². The second-order valence-corrected chi connectivity index (χ2v) is 3.27. The molecule has 0 bridgehead atoms. The molecule has 102 valence electrons. The van der Waals surface area contributed by atoms with Gasteiger partial charge in [-0.25, -0.2) is 4.68 Å². The third-order valence-corrected chi connectivity index (χ3v) is 1.75. The van der Waals surface area contributed by atoms with Crippen LogP contribution in [-0.4, -0.2) is 14.9 Å². The highest BCUT2D eigenvalue weighted by molar-refractivity contribution is 5.73. The van der Waals surface area contributed by atoms with E-state index in [9.17, 15) is 0 Å². The van der Waals surface area contributed by atoms with E-state index in [1.165, 1.54) is 17.4 Å². The van der Waals surface area contributed by atoms with Crippen LogP contribution in [0.2, 0.25) is 0 Å². The average molecular weight is 250 g/mol. The fourth-order valence-electron chi connectivity index (χ4n) is 0.974. The van der Waals surface area contributed by atoms with Gasteiger partial charge in [-0.15, -0.1) is 10.2 Å². The molecule has 0 amide bonds. The van der Waals surface area contributed by atoms with Gasteiger partial charge in [-0.3, -0.25) is 0 Å². The van der Waals surface area contributed by atoms with Crippen LogP contribution in [0.1, 0.15) is 46.9 Å². The van der Waals surface area contributed by atoms with Gasteiger partial charge in [0, 0.05) is 5.57 Å². The summed E-state index contributed by atoms with van der Waals surface area (Å²) < 4.78 is 1.35. The number of allylic oxidation sites excluding steroid dienone is 4. The first-order valence-electron chi connectivity index (χ1n) is 6.23. The van der Waals surface area contributed by atoms with Gasteiger partial charge in [0.15, 0.2) is 5.82 Å². The lowest BCUT2D eigenvalue weighted by Gasteiger charge is -2.02. The molecule has 0 unspecified atom stereocenters. The largest absolute Gasteiger partial charge is 0.336 e. The predicted octanol–water partition coefficient (Wildman–Crippen LogP) is 3.58. The van der Waals surface area contributed by atoms with Crippen molar-refractivity contribution in [2.75, 3.05) is 5.84 Å². The van der Waals surface area contributed by atoms with Crippen LogP contribution in [-0.2, 0) is 0 Å². The van der Waals surface area contributed by atoms with Gasteiger partial charge in [0.05, 0.1) is 0 Å². The quantitative estimate of drug-likeness (QED) is 0.659. The number of nitrogen functional groups attached to an aromatic ring is 1. The van der Waals surface area contributed by atoms with Crippen LogP contribution >= 0.6 is 0 Å². The van der Waals surface area contributed by atoms with Crippen molar-refractivity contribution >= 4 is 5.57 Å². The third kappa shape index (κ3) is 6.03. The maximum Gasteiger partial charge on any atom is 0.182 e. The topological polar surface area (TPSA) is 56.7 Å². The summed E-state index contributed by atoms with van der Waals surface area (Å²) >= 11 is 0. The molecule has 0 aliphatic rings. The van der Waals surface area contributed by atoms with E-state index in [0.29, 0.717) is 5.82 Å². The van der Waals surface area contributed by atoms with Crippen LogP contribution in [0.4, 0.5) is 0 Å². The van der Waals surface area contributed by atoms with Crippen molar-refractivity contribution in [2.24, 2.45) is 0 Å². The average Bonchev–Trinajstić information content (AvgIpc) is 2.80. The Hall–Kier alpha value is -1.84. The highest BCUT2D eigenvalue weighted by atomic mass is 15.4. The Morgan fingerprint density at radius 3 is 2.11 bits per heavy atom. The van der Waals surface area contributed by atoms with Gasteiger partial charge in [0.2, 0.25) is 0 Å². The molecule has 4 heteroatoms. The highest BCUT2D eigenvalue weighted by Gasteiger charge is 2.06. The summed E-state index contributed by atoms with van der Waals surface area (Å²) in [6.07, 6.45) is 6.10. The Morgan fingerprint density at radius 1 is 1.33 bits per heavy atom. The molecule has 0 atom stereocenters. The molecule has 1 heterocycles. The van der Waals surface area contributed by atoms with Gasteiger partial charge in [-0.2, -0.15) is 0 Å². The molecular weight excluding hydrogens is 224 g/mol. The maximum atomic E-state index is 5.58. The van der Waals surface area contributed by atoms with Crippen molar-refractivity contribution in [2.45, 2.75) is 41.0 Å². The van der Waals surface area contributed by atoms with Crippen molar-refractivity contribution in [3.63, 3.8) is 0 Å². The van der Waals surface area contributed by atoms with E-state index in [2.05, 4.69) is 37.2 Å². The van der Waals surface area contributed by atoms with Gasteiger partial charge < -0.3 is 5.84 Å². The molecule has 1 aromatic rings. The Morgan fingerprint density at radius 2 is 1.83 bits per heavy atom. The van der Waals surface area contributed by atoms with Crippen LogP contribution in [0, 0.1) is 0 Å². The molecular formula is C14H26N4. The lowest BCUT2D eigenvalue weighted by molar-refractivity contribution is 0.970. The van der Waals surface area contributed by atoms with Crippen LogP contribution in [0.15, 0.2) is 37.2 Å².